The molecule has 5 nitrogen and oxygen atoms in total. The van der Waals surface area contributed by atoms with Gasteiger partial charge in [-0.2, -0.15) is 0 Å². The van der Waals surface area contributed by atoms with Crippen LogP contribution in [0.4, 0.5) is 4.79 Å². The number of rotatable bonds is 0. The van der Waals surface area contributed by atoms with E-state index < -0.39 is 6.09 Å². The summed E-state index contributed by atoms with van der Waals surface area (Å²) in [5, 5.41) is 11.6. The molecule has 0 aromatic carbocycles. The summed E-state index contributed by atoms with van der Waals surface area (Å²) in [5.74, 6) is 0.488. The van der Waals surface area contributed by atoms with E-state index in [1.807, 2.05) is 0 Å². The van der Waals surface area contributed by atoms with Crippen LogP contribution >= 0.6 is 0 Å². The first-order valence-electron chi connectivity index (χ1n) is 4.66. The third-order valence-electron chi connectivity index (χ3n) is 1.99. The van der Waals surface area contributed by atoms with Crippen LogP contribution in [-0.4, -0.2) is 33.8 Å². The van der Waals surface area contributed by atoms with Gasteiger partial charge in [0.05, 0.1) is 0 Å². The summed E-state index contributed by atoms with van der Waals surface area (Å²) in [7, 11) is 0. The van der Waals surface area contributed by atoms with E-state index in [0.29, 0.717) is 5.82 Å². The molecular formula is C9H15N3O2. The number of nitrogens with zero attached hydrogens (tertiary/aromatic N) is 2. The van der Waals surface area contributed by atoms with Gasteiger partial charge in [-0.05, 0) is 32.9 Å². The molecule has 0 radical (unpaired) electrons. The van der Waals surface area contributed by atoms with E-state index in [9.17, 15) is 4.79 Å². The van der Waals surface area contributed by atoms with Gasteiger partial charge in [-0.15, -0.1) is 0 Å². The summed E-state index contributed by atoms with van der Waals surface area (Å²) in [6.07, 6.45) is 4.63. The van der Waals surface area contributed by atoms with Gasteiger partial charge >= 0.3 is 6.09 Å². The fourth-order valence-electron chi connectivity index (χ4n) is 1.21. The second kappa shape index (κ2) is 5.39. The lowest BCUT2D eigenvalue weighted by atomic mass is 10.4. The van der Waals surface area contributed by atoms with E-state index in [1.165, 1.54) is 38.3 Å². The zero-order valence-electron chi connectivity index (χ0n) is 8.23. The summed E-state index contributed by atoms with van der Waals surface area (Å²) in [6, 6.07) is 0. The monoisotopic (exact) mass is 197 g/mol. The number of nitrogens with one attached hydrogen (secondary N) is 1. The van der Waals surface area contributed by atoms with Crippen LogP contribution in [0.15, 0.2) is 12.4 Å². The average molecular weight is 197 g/mol. The van der Waals surface area contributed by atoms with Crippen LogP contribution in [0.5, 0.6) is 0 Å². The van der Waals surface area contributed by atoms with Crippen molar-refractivity contribution in [3.8, 4) is 0 Å². The number of imidazole rings is 1. The molecule has 1 aromatic rings. The average Bonchev–Trinajstić information content (AvgIpc) is 2.74. The van der Waals surface area contributed by atoms with Gasteiger partial charge in [0.25, 0.3) is 0 Å². The Morgan fingerprint density at radius 3 is 2.43 bits per heavy atom. The molecule has 5 heteroatoms. The molecule has 0 amide bonds. The maximum Gasteiger partial charge on any atom is 0.416 e. The van der Waals surface area contributed by atoms with E-state index in [-0.39, 0.29) is 0 Å². The summed E-state index contributed by atoms with van der Waals surface area (Å²) in [6.45, 7) is 4.13. The molecule has 14 heavy (non-hydrogen) atoms. The third-order valence-corrected chi connectivity index (χ3v) is 1.99. The molecule has 78 valence electrons. The highest BCUT2D eigenvalue weighted by Gasteiger charge is 2.01. The smallest absolute Gasteiger partial charge is 0.416 e. The largest absolute Gasteiger partial charge is 0.464 e. The zero-order valence-corrected chi connectivity index (χ0v) is 8.23. The van der Waals surface area contributed by atoms with Crippen LogP contribution < -0.4 is 5.32 Å². The maximum atomic E-state index is 10.2. The number of aromatic nitrogens is 2. The SMILES string of the molecule is C1CCNC1.Cc1nccn1C(=O)O. The Balaban J connectivity index is 0.000000165. The fraction of sp³-hybridized carbons (Fsp3) is 0.556. The Morgan fingerprint density at radius 2 is 2.21 bits per heavy atom. The second-order valence-corrected chi connectivity index (χ2v) is 3.08. The highest BCUT2D eigenvalue weighted by atomic mass is 16.4. The molecule has 1 fully saturated rings. The van der Waals surface area contributed by atoms with E-state index in [2.05, 4.69) is 10.3 Å². The molecule has 1 aliphatic heterocycles. The Kier molecular flexibility index (Phi) is 4.12. The lowest BCUT2D eigenvalue weighted by molar-refractivity contribution is 0.195. The predicted octanol–water partition coefficient (Wildman–Crippen LogP) is 1.09. The fourth-order valence-corrected chi connectivity index (χ4v) is 1.21. The molecule has 1 saturated heterocycles. The number of hydrogen-bond donors (Lipinski definition) is 2. The first-order chi connectivity index (χ1) is 6.72. The summed E-state index contributed by atoms with van der Waals surface area (Å²) in [4.78, 5) is 13.9. The van der Waals surface area contributed by atoms with Gasteiger partial charge in [0, 0.05) is 12.4 Å². The topological polar surface area (TPSA) is 67.2 Å². The first kappa shape index (κ1) is 10.7. The molecule has 2 heterocycles. The van der Waals surface area contributed by atoms with Crippen molar-refractivity contribution >= 4 is 6.09 Å². The first-order valence-corrected chi connectivity index (χ1v) is 4.66. The Hall–Kier alpha value is -1.36. The number of hydrogen-bond acceptors (Lipinski definition) is 3. The van der Waals surface area contributed by atoms with Crippen molar-refractivity contribution in [2.75, 3.05) is 13.1 Å². The quantitative estimate of drug-likeness (QED) is 0.653. The van der Waals surface area contributed by atoms with Crippen molar-refractivity contribution in [1.82, 2.24) is 14.9 Å². The standard InChI is InChI=1S/C5H6N2O2.C4H9N/c1-4-6-2-3-7(4)5(8)9;1-2-4-5-3-1/h2-3H,1H3,(H,8,9);5H,1-4H2. The normalized spacial score (nSPS) is 14.6. The van der Waals surface area contributed by atoms with Crippen molar-refractivity contribution in [2.45, 2.75) is 19.8 Å². The van der Waals surface area contributed by atoms with Crippen LogP contribution in [0.3, 0.4) is 0 Å². The molecule has 0 aliphatic carbocycles. The van der Waals surface area contributed by atoms with Gasteiger partial charge in [-0.3, -0.25) is 0 Å². The minimum Gasteiger partial charge on any atom is -0.464 e. The molecular weight excluding hydrogens is 182 g/mol. The number of carbonyl (C=O) groups is 1. The van der Waals surface area contributed by atoms with Crippen LogP contribution in [0.25, 0.3) is 0 Å². The molecule has 0 spiro atoms. The van der Waals surface area contributed by atoms with Crippen LogP contribution in [0.2, 0.25) is 0 Å². The van der Waals surface area contributed by atoms with Gasteiger partial charge in [0.1, 0.15) is 5.82 Å². The van der Waals surface area contributed by atoms with Crippen molar-refractivity contribution in [2.24, 2.45) is 0 Å². The molecule has 0 unspecified atom stereocenters. The lowest BCUT2D eigenvalue weighted by Crippen LogP contribution is -2.07. The zero-order chi connectivity index (χ0) is 10.4. The molecule has 1 aromatic heterocycles. The van der Waals surface area contributed by atoms with Crippen molar-refractivity contribution in [3.05, 3.63) is 18.2 Å². The highest BCUT2D eigenvalue weighted by molar-refractivity contribution is 5.68. The van der Waals surface area contributed by atoms with E-state index in [1.54, 1.807) is 6.92 Å². The molecule has 2 N–H and O–H groups in total. The van der Waals surface area contributed by atoms with Gasteiger partial charge in [-0.25, -0.2) is 14.3 Å². The van der Waals surface area contributed by atoms with Gasteiger partial charge in [-0.1, -0.05) is 0 Å². The van der Waals surface area contributed by atoms with E-state index in [0.717, 1.165) is 4.57 Å². The number of carboxylic acid groups (broad SMARTS) is 1. The predicted molar refractivity (Wildman–Crippen MR) is 52.5 cm³/mol. The van der Waals surface area contributed by atoms with Crippen molar-refractivity contribution < 1.29 is 9.90 Å². The van der Waals surface area contributed by atoms with E-state index >= 15 is 0 Å². The Bertz CT molecular complexity index is 284. The molecule has 1 aliphatic rings. The molecule has 0 bridgehead atoms. The summed E-state index contributed by atoms with van der Waals surface area (Å²) < 4.78 is 1.06. The lowest BCUT2D eigenvalue weighted by Gasteiger charge is -1.92. The van der Waals surface area contributed by atoms with E-state index in [4.69, 9.17) is 5.11 Å². The van der Waals surface area contributed by atoms with Crippen molar-refractivity contribution in [1.29, 1.82) is 0 Å². The van der Waals surface area contributed by atoms with Gasteiger partial charge in [0.15, 0.2) is 0 Å². The molecule has 0 saturated carbocycles. The number of aryl methyl sites for hydroxylation is 1. The minimum atomic E-state index is -0.995. The minimum absolute atomic E-state index is 0.488. The third kappa shape index (κ3) is 3.18. The van der Waals surface area contributed by atoms with Gasteiger partial charge in [0.2, 0.25) is 0 Å². The van der Waals surface area contributed by atoms with Gasteiger partial charge < -0.3 is 10.4 Å². The van der Waals surface area contributed by atoms with Crippen molar-refractivity contribution in [3.63, 3.8) is 0 Å². The van der Waals surface area contributed by atoms with Crippen LogP contribution in [0, 0.1) is 6.92 Å². The molecule has 0 atom stereocenters. The Morgan fingerprint density at radius 1 is 1.57 bits per heavy atom. The van der Waals surface area contributed by atoms with Crippen LogP contribution in [0.1, 0.15) is 18.7 Å². The summed E-state index contributed by atoms with van der Waals surface area (Å²) >= 11 is 0. The highest BCUT2D eigenvalue weighted by Crippen LogP contribution is 1.92. The Labute approximate surface area is 82.8 Å². The maximum absolute atomic E-state index is 10.2. The second-order valence-electron chi connectivity index (χ2n) is 3.08. The van der Waals surface area contributed by atoms with Crippen LogP contribution in [-0.2, 0) is 0 Å². The summed E-state index contributed by atoms with van der Waals surface area (Å²) in [5.41, 5.74) is 0. The molecule has 2 rings (SSSR count).